The Balaban J connectivity index is 1.88. The van der Waals surface area contributed by atoms with Crippen molar-refractivity contribution in [3.05, 3.63) is 58.7 Å². The normalized spacial score (nSPS) is 13.4. The molecule has 0 saturated carbocycles. The molecule has 0 radical (unpaired) electrons. The second kappa shape index (κ2) is 9.11. The molecular formula is C21H23F4N5O2. The molecular weight excluding hydrogens is 430 g/mol. The number of nitrogens with two attached hydrogens (primary N) is 1. The lowest BCUT2D eigenvalue weighted by Crippen LogP contribution is -2.49. The molecule has 1 atom stereocenters. The Labute approximate surface area is 181 Å². The lowest BCUT2D eigenvalue weighted by atomic mass is 9.99. The third kappa shape index (κ3) is 5.16. The smallest absolute Gasteiger partial charge is 0.270 e. The van der Waals surface area contributed by atoms with Gasteiger partial charge in [-0.25, -0.2) is 27.5 Å². The molecule has 0 bridgehead atoms. The Morgan fingerprint density at radius 3 is 2.53 bits per heavy atom. The van der Waals surface area contributed by atoms with Crippen LogP contribution in [0.15, 0.2) is 24.4 Å². The van der Waals surface area contributed by atoms with Crippen molar-refractivity contribution in [2.24, 2.45) is 5.73 Å². The molecule has 0 fully saturated rings. The number of fused-ring (bicyclic) bond motifs is 1. The summed E-state index contributed by atoms with van der Waals surface area (Å²) in [6.07, 6.45) is -1.64. The summed E-state index contributed by atoms with van der Waals surface area (Å²) in [5.74, 6) is -2.11. The molecule has 3 rings (SSSR count). The minimum absolute atomic E-state index is 0.0174. The van der Waals surface area contributed by atoms with Crippen molar-refractivity contribution in [1.29, 1.82) is 0 Å². The Bertz CT molecular complexity index is 1130. The fraction of sp³-hybridized carbons (Fsp3) is 0.381. The average molecular weight is 453 g/mol. The number of hydrogen-bond acceptors (Lipinski definition) is 5. The zero-order valence-electron chi connectivity index (χ0n) is 17.8. The van der Waals surface area contributed by atoms with Crippen molar-refractivity contribution < 1.29 is 27.1 Å². The van der Waals surface area contributed by atoms with Gasteiger partial charge in [-0.1, -0.05) is 6.07 Å². The fourth-order valence-corrected chi connectivity index (χ4v) is 3.22. The van der Waals surface area contributed by atoms with E-state index in [9.17, 15) is 22.4 Å². The van der Waals surface area contributed by atoms with Crippen molar-refractivity contribution in [3.63, 3.8) is 0 Å². The van der Waals surface area contributed by atoms with Crippen LogP contribution < -0.4 is 15.8 Å². The summed E-state index contributed by atoms with van der Waals surface area (Å²) in [6, 6.07) is 3.47. The molecule has 1 aromatic carbocycles. The van der Waals surface area contributed by atoms with Gasteiger partial charge in [-0.2, -0.15) is 0 Å². The Hall–Kier alpha value is -3.21. The Morgan fingerprint density at radius 2 is 1.91 bits per heavy atom. The van der Waals surface area contributed by atoms with Crippen LogP contribution in [0, 0.1) is 25.5 Å². The van der Waals surface area contributed by atoms with Gasteiger partial charge in [0.25, 0.3) is 11.8 Å². The van der Waals surface area contributed by atoms with Gasteiger partial charge in [0.15, 0.2) is 0 Å². The number of aryl methyl sites for hydroxylation is 2. The predicted octanol–water partition coefficient (Wildman–Crippen LogP) is 3.31. The van der Waals surface area contributed by atoms with Crippen LogP contribution in [0.3, 0.4) is 0 Å². The molecule has 0 aliphatic carbocycles. The maximum Gasteiger partial charge on any atom is 0.270 e. The second-order valence-electron chi connectivity index (χ2n) is 7.85. The first kappa shape index (κ1) is 23.5. The van der Waals surface area contributed by atoms with Crippen LogP contribution >= 0.6 is 0 Å². The van der Waals surface area contributed by atoms with Crippen LogP contribution in [-0.2, 0) is 6.61 Å². The molecule has 32 heavy (non-hydrogen) atoms. The first-order valence-electron chi connectivity index (χ1n) is 9.75. The average Bonchev–Trinajstić information content (AvgIpc) is 3.00. The van der Waals surface area contributed by atoms with E-state index >= 15 is 0 Å². The molecule has 0 aliphatic heterocycles. The second-order valence-corrected chi connectivity index (χ2v) is 7.85. The van der Waals surface area contributed by atoms with E-state index in [1.165, 1.54) is 17.4 Å². The van der Waals surface area contributed by atoms with Gasteiger partial charge in [-0.3, -0.25) is 9.20 Å². The van der Waals surface area contributed by atoms with E-state index in [1.807, 2.05) is 0 Å². The monoisotopic (exact) mass is 453 g/mol. The largest absolute Gasteiger partial charge is 0.470 e. The minimum atomic E-state index is -2.60. The summed E-state index contributed by atoms with van der Waals surface area (Å²) in [5.41, 5.74) is 5.34. The molecule has 0 aliphatic rings. The van der Waals surface area contributed by atoms with E-state index in [1.54, 1.807) is 20.0 Å². The highest BCUT2D eigenvalue weighted by Crippen LogP contribution is 2.23. The summed E-state index contributed by atoms with van der Waals surface area (Å²) in [5, 5.41) is 2.56. The summed E-state index contributed by atoms with van der Waals surface area (Å²) >= 11 is 0. The van der Waals surface area contributed by atoms with E-state index in [0.29, 0.717) is 11.4 Å². The van der Waals surface area contributed by atoms with Crippen LogP contribution in [0.4, 0.5) is 17.6 Å². The molecule has 7 nitrogen and oxygen atoms in total. The number of halogens is 4. The van der Waals surface area contributed by atoms with Crippen molar-refractivity contribution >= 4 is 11.6 Å². The molecule has 3 aromatic rings. The number of carbonyl (C=O) groups excluding carboxylic acids is 1. The summed E-state index contributed by atoms with van der Waals surface area (Å²) in [7, 11) is 0. The lowest BCUT2D eigenvalue weighted by Gasteiger charge is -2.24. The molecule has 2 heterocycles. The molecule has 0 spiro atoms. The topological polar surface area (TPSA) is 94.5 Å². The van der Waals surface area contributed by atoms with Gasteiger partial charge < -0.3 is 15.8 Å². The Kier molecular flexibility index (Phi) is 6.68. The number of benzene rings is 1. The molecule has 1 amide bonds. The number of rotatable bonds is 8. The molecule has 172 valence electrons. The molecule has 1 unspecified atom stereocenters. The van der Waals surface area contributed by atoms with Crippen LogP contribution in [0.5, 0.6) is 5.88 Å². The van der Waals surface area contributed by atoms with Gasteiger partial charge in [0, 0.05) is 24.7 Å². The zero-order valence-corrected chi connectivity index (χ0v) is 17.8. The van der Waals surface area contributed by atoms with Crippen molar-refractivity contribution in [2.75, 3.05) is 6.54 Å². The van der Waals surface area contributed by atoms with Gasteiger partial charge in [-0.15, -0.1) is 0 Å². The number of imidazole rings is 1. The molecule has 11 heteroatoms. The van der Waals surface area contributed by atoms with Gasteiger partial charge in [0.2, 0.25) is 12.1 Å². The van der Waals surface area contributed by atoms with Gasteiger partial charge in [0.1, 0.15) is 23.9 Å². The maximum absolute atomic E-state index is 13.9. The van der Waals surface area contributed by atoms with Crippen LogP contribution in [0.2, 0.25) is 0 Å². The highest BCUT2D eigenvalue weighted by molar-refractivity contribution is 5.95. The van der Waals surface area contributed by atoms with Crippen LogP contribution in [0.25, 0.3) is 5.65 Å². The van der Waals surface area contributed by atoms with E-state index in [4.69, 9.17) is 10.5 Å². The number of ether oxygens (including phenoxy) is 1. The number of nitrogens with one attached hydrogen (secondary N) is 1. The summed E-state index contributed by atoms with van der Waals surface area (Å²) in [4.78, 5) is 21.3. The maximum atomic E-state index is 13.9. The number of aromatic nitrogens is 3. The third-order valence-electron chi connectivity index (χ3n) is 4.77. The fourth-order valence-electron chi connectivity index (χ4n) is 3.22. The van der Waals surface area contributed by atoms with E-state index < -0.39 is 42.5 Å². The van der Waals surface area contributed by atoms with E-state index in [-0.39, 0.29) is 29.3 Å². The number of carbonyl (C=O) groups is 1. The van der Waals surface area contributed by atoms with Gasteiger partial charge in [-0.05, 0) is 32.9 Å². The van der Waals surface area contributed by atoms with Crippen LogP contribution in [-0.4, -0.2) is 38.8 Å². The lowest BCUT2D eigenvalue weighted by molar-refractivity contribution is 0.0891. The first-order chi connectivity index (χ1) is 15.0. The number of amides is 1. The number of hydrogen-bond donors (Lipinski definition) is 2. The molecule has 2 aromatic heterocycles. The first-order valence-corrected chi connectivity index (χ1v) is 9.75. The summed E-state index contributed by atoms with van der Waals surface area (Å²) in [6.45, 7) is 4.04. The number of alkyl halides is 2. The highest BCUT2D eigenvalue weighted by atomic mass is 19.3. The van der Waals surface area contributed by atoms with Crippen molar-refractivity contribution in [2.45, 2.75) is 45.8 Å². The standard InChI is InChI=1S/C21H23F4N5O2/c1-11-8-30-17(19(31)27-10-21(3,26)7-16(24)25)12(2)29-18(30)20(28-11)32-9-13-14(22)5-4-6-15(13)23/h4-6,8,16H,7,9-10,26H2,1-3H3,(H,27,31). The third-order valence-corrected chi connectivity index (χ3v) is 4.77. The Morgan fingerprint density at radius 1 is 1.25 bits per heavy atom. The SMILES string of the molecule is Cc1cn2c(C(=O)NCC(C)(N)CC(F)F)c(C)nc2c(OCc2c(F)cccc2F)n1. The predicted molar refractivity (Wildman–Crippen MR) is 109 cm³/mol. The highest BCUT2D eigenvalue weighted by Gasteiger charge is 2.26. The quantitative estimate of drug-likeness (QED) is 0.511. The molecule has 3 N–H and O–H groups in total. The van der Waals surface area contributed by atoms with Gasteiger partial charge in [0.05, 0.1) is 17.0 Å². The van der Waals surface area contributed by atoms with E-state index in [0.717, 1.165) is 12.1 Å². The van der Waals surface area contributed by atoms with E-state index in [2.05, 4.69) is 15.3 Å². The van der Waals surface area contributed by atoms with Crippen molar-refractivity contribution in [3.8, 4) is 5.88 Å². The molecule has 0 saturated heterocycles. The minimum Gasteiger partial charge on any atom is -0.470 e. The zero-order chi connectivity index (χ0) is 23.6. The van der Waals surface area contributed by atoms with Crippen LogP contribution in [0.1, 0.15) is 40.8 Å². The number of nitrogens with zero attached hydrogens (tertiary/aromatic N) is 3. The van der Waals surface area contributed by atoms with Gasteiger partial charge >= 0.3 is 0 Å². The van der Waals surface area contributed by atoms with Crippen molar-refractivity contribution in [1.82, 2.24) is 19.7 Å². The summed E-state index contributed by atoms with van der Waals surface area (Å²) < 4.78 is 60.1.